The third kappa shape index (κ3) is 3.62. The predicted molar refractivity (Wildman–Crippen MR) is 89.3 cm³/mol. The molecule has 1 aromatic heterocycles. The van der Waals surface area contributed by atoms with Crippen LogP contribution < -0.4 is 5.73 Å². The van der Waals surface area contributed by atoms with E-state index in [4.69, 9.17) is 5.73 Å². The highest BCUT2D eigenvalue weighted by atomic mass is 32.2. The fourth-order valence-corrected chi connectivity index (χ4v) is 4.65. The lowest BCUT2D eigenvalue weighted by molar-refractivity contribution is 0.134. The third-order valence-corrected chi connectivity index (χ3v) is 7.00. The highest BCUT2D eigenvalue weighted by Gasteiger charge is 2.37. The monoisotopic (exact) mass is 310 g/mol. The number of thioether (sulfide) groups is 1. The van der Waals surface area contributed by atoms with E-state index >= 15 is 0 Å². The Kier molecular flexibility index (Phi) is 5.36. The molecule has 0 aliphatic heterocycles. The molecule has 120 valence electrons. The van der Waals surface area contributed by atoms with Crippen LogP contribution in [0.5, 0.6) is 0 Å². The summed E-state index contributed by atoms with van der Waals surface area (Å²) in [6.07, 6.45) is 5.06. The lowest BCUT2D eigenvalue weighted by Crippen LogP contribution is -2.37. The zero-order valence-electron chi connectivity index (χ0n) is 14.1. The molecule has 21 heavy (non-hydrogen) atoms. The van der Waals surface area contributed by atoms with Gasteiger partial charge in [-0.05, 0) is 50.0 Å². The first-order chi connectivity index (χ1) is 9.89. The van der Waals surface area contributed by atoms with Gasteiger partial charge in [-0.25, -0.2) is 0 Å². The molecule has 1 aliphatic rings. The average Bonchev–Trinajstić information content (AvgIpc) is 2.79. The van der Waals surface area contributed by atoms with Gasteiger partial charge in [0.1, 0.15) is 5.82 Å². The van der Waals surface area contributed by atoms with Crippen LogP contribution >= 0.6 is 11.8 Å². The Morgan fingerprint density at radius 2 is 2.05 bits per heavy atom. The van der Waals surface area contributed by atoms with E-state index in [9.17, 15) is 0 Å². The second-order valence-electron chi connectivity index (χ2n) is 7.09. The zero-order valence-corrected chi connectivity index (χ0v) is 14.9. The molecule has 0 aromatic carbocycles. The van der Waals surface area contributed by atoms with Crippen molar-refractivity contribution >= 4 is 11.8 Å². The van der Waals surface area contributed by atoms with Crippen LogP contribution in [0.4, 0.5) is 0 Å². The first-order valence-electron chi connectivity index (χ1n) is 8.11. The SMILES string of the molecule is CCC(C)(C)C1CCC(CN)C(Sc2nnc(C)n2C)C1. The Hall–Kier alpha value is -0.550. The minimum atomic E-state index is 0.425. The molecule has 1 fully saturated rings. The summed E-state index contributed by atoms with van der Waals surface area (Å²) in [4.78, 5) is 0. The van der Waals surface area contributed by atoms with Gasteiger partial charge in [-0.1, -0.05) is 39.0 Å². The van der Waals surface area contributed by atoms with Crippen molar-refractivity contribution in [1.82, 2.24) is 14.8 Å². The molecule has 3 atom stereocenters. The van der Waals surface area contributed by atoms with Gasteiger partial charge in [-0.3, -0.25) is 0 Å². The van der Waals surface area contributed by atoms with E-state index < -0.39 is 0 Å². The van der Waals surface area contributed by atoms with Crippen molar-refractivity contribution in [3.63, 3.8) is 0 Å². The van der Waals surface area contributed by atoms with Crippen molar-refractivity contribution in [2.75, 3.05) is 6.54 Å². The van der Waals surface area contributed by atoms with Crippen LogP contribution in [-0.2, 0) is 7.05 Å². The Bertz CT molecular complexity index is 469. The van der Waals surface area contributed by atoms with Gasteiger partial charge in [-0.2, -0.15) is 0 Å². The first-order valence-corrected chi connectivity index (χ1v) is 8.99. The van der Waals surface area contributed by atoms with Gasteiger partial charge in [0.15, 0.2) is 5.16 Å². The highest BCUT2D eigenvalue weighted by Crippen LogP contribution is 2.46. The van der Waals surface area contributed by atoms with Gasteiger partial charge in [0.2, 0.25) is 0 Å². The molecule has 5 heteroatoms. The van der Waals surface area contributed by atoms with Crippen LogP contribution in [0.15, 0.2) is 5.16 Å². The van der Waals surface area contributed by atoms with E-state index in [1.54, 1.807) is 0 Å². The van der Waals surface area contributed by atoms with Gasteiger partial charge in [0.05, 0.1) is 0 Å². The van der Waals surface area contributed by atoms with Gasteiger partial charge in [0, 0.05) is 12.3 Å². The van der Waals surface area contributed by atoms with Crippen LogP contribution in [0.25, 0.3) is 0 Å². The van der Waals surface area contributed by atoms with E-state index in [1.165, 1.54) is 25.7 Å². The zero-order chi connectivity index (χ0) is 15.6. The second kappa shape index (κ2) is 6.69. The molecule has 2 rings (SSSR count). The minimum Gasteiger partial charge on any atom is -0.330 e. The topological polar surface area (TPSA) is 56.7 Å². The predicted octanol–water partition coefficient (Wildman–Crippen LogP) is 3.40. The largest absolute Gasteiger partial charge is 0.330 e. The van der Waals surface area contributed by atoms with Crippen molar-refractivity contribution in [1.29, 1.82) is 0 Å². The number of aryl methyl sites for hydroxylation is 1. The number of hydrogen-bond donors (Lipinski definition) is 1. The molecule has 0 saturated heterocycles. The highest BCUT2D eigenvalue weighted by molar-refractivity contribution is 7.99. The maximum Gasteiger partial charge on any atom is 0.191 e. The molecule has 0 amide bonds. The fourth-order valence-electron chi connectivity index (χ4n) is 3.23. The van der Waals surface area contributed by atoms with Crippen LogP contribution in [-0.4, -0.2) is 26.6 Å². The summed E-state index contributed by atoms with van der Waals surface area (Å²) in [5.41, 5.74) is 6.45. The van der Waals surface area contributed by atoms with Gasteiger partial charge < -0.3 is 10.3 Å². The molecule has 0 spiro atoms. The smallest absolute Gasteiger partial charge is 0.191 e. The molecule has 1 heterocycles. The van der Waals surface area contributed by atoms with Crippen LogP contribution in [0.1, 0.15) is 52.3 Å². The molecule has 1 aliphatic carbocycles. The summed E-state index contributed by atoms with van der Waals surface area (Å²) < 4.78 is 2.09. The van der Waals surface area contributed by atoms with Crippen molar-refractivity contribution in [2.45, 2.75) is 63.8 Å². The quantitative estimate of drug-likeness (QED) is 0.905. The molecule has 1 saturated carbocycles. The fraction of sp³-hybridized carbons (Fsp3) is 0.875. The molecular formula is C16H30N4S. The lowest BCUT2D eigenvalue weighted by atomic mass is 9.67. The summed E-state index contributed by atoms with van der Waals surface area (Å²) >= 11 is 1.88. The Morgan fingerprint density at radius 1 is 1.33 bits per heavy atom. The summed E-state index contributed by atoms with van der Waals surface area (Å²) in [6.45, 7) is 9.92. The number of nitrogens with two attached hydrogens (primary N) is 1. The van der Waals surface area contributed by atoms with E-state index in [0.717, 1.165) is 23.4 Å². The van der Waals surface area contributed by atoms with Crippen molar-refractivity contribution in [3.05, 3.63) is 5.82 Å². The third-order valence-electron chi connectivity index (χ3n) is 5.56. The molecular weight excluding hydrogens is 280 g/mol. The Morgan fingerprint density at radius 3 is 2.57 bits per heavy atom. The summed E-state index contributed by atoms with van der Waals surface area (Å²) in [6, 6.07) is 0. The number of hydrogen-bond acceptors (Lipinski definition) is 4. The molecule has 2 N–H and O–H groups in total. The maximum absolute atomic E-state index is 6.02. The van der Waals surface area contributed by atoms with Crippen LogP contribution in [0.2, 0.25) is 0 Å². The molecule has 0 radical (unpaired) electrons. The maximum atomic E-state index is 6.02. The van der Waals surface area contributed by atoms with Gasteiger partial charge in [0.25, 0.3) is 0 Å². The van der Waals surface area contributed by atoms with Gasteiger partial charge in [-0.15, -0.1) is 10.2 Å². The number of rotatable bonds is 5. The Balaban J connectivity index is 2.12. The number of nitrogens with zero attached hydrogens (tertiary/aromatic N) is 3. The average molecular weight is 311 g/mol. The van der Waals surface area contributed by atoms with Crippen LogP contribution in [0, 0.1) is 24.2 Å². The number of aromatic nitrogens is 3. The summed E-state index contributed by atoms with van der Waals surface area (Å²) in [5.74, 6) is 2.37. The standard InChI is InChI=1S/C16H30N4S/c1-6-16(3,4)13-8-7-12(10-17)14(9-13)21-15-19-18-11(2)20(15)5/h12-14H,6-10,17H2,1-5H3. The minimum absolute atomic E-state index is 0.425. The van der Waals surface area contributed by atoms with Gasteiger partial charge >= 0.3 is 0 Å². The molecule has 4 nitrogen and oxygen atoms in total. The van der Waals surface area contributed by atoms with E-state index in [2.05, 4.69) is 35.5 Å². The Labute approximate surface area is 133 Å². The lowest BCUT2D eigenvalue weighted by Gasteiger charge is -2.42. The van der Waals surface area contributed by atoms with E-state index in [1.807, 2.05) is 25.7 Å². The normalized spacial score (nSPS) is 27.0. The summed E-state index contributed by atoms with van der Waals surface area (Å²) in [7, 11) is 2.05. The molecule has 1 aromatic rings. The molecule has 3 unspecified atom stereocenters. The van der Waals surface area contributed by atoms with Crippen LogP contribution in [0.3, 0.4) is 0 Å². The second-order valence-corrected chi connectivity index (χ2v) is 8.30. The van der Waals surface area contributed by atoms with Crippen molar-refractivity contribution in [3.8, 4) is 0 Å². The van der Waals surface area contributed by atoms with Crippen molar-refractivity contribution < 1.29 is 0 Å². The van der Waals surface area contributed by atoms with Crippen molar-refractivity contribution in [2.24, 2.45) is 30.0 Å². The van der Waals surface area contributed by atoms with E-state index in [-0.39, 0.29) is 0 Å². The first kappa shape index (κ1) is 16.8. The summed E-state index contributed by atoms with van der Waals surface area (Å²) in [5, 5.41) is 10.1. The van der Waals surface area contributed by atoms with E-state index in [0.29, 0.717) is 16.6 Å². The molecule has 0 bridgehead atoms.